The van der Waals surface area contributed by atoms with Crippen LogP contribution in [0.1, 0.15) is 40.0 Å². The van der Waals surface area contributed by atoms with E-state index in [4.69, 9.17) is 9.47 Å². The maximum atomic E-state index is 12.2. The molecule has 2 rings (SSSR count). The largest absolute Gasteiger partial charge is 0.480 e. The minimum atomic E-state index is -0.959. The van der Waals surface area contributed by atoms with Gasteiger partial charge in [-0.2, -0.15) is 0 Å². The first kappa shape index (κ1) is 15.1. The minimum Gasteiger partial charge on any atom is -0.480 e. The number of amides is 1. The fourth-order valence-corrected chi connectivity index (χ4v) is 2.96. The Morgan fingerprint density at radius 1 is 1.30 bits per heavy atom. The van der Waals surface area contributed by atoms with Crippen molar-refractivity contribution in [2.24, 2.45) is 5.41 Å². The van der Waals surface area contributed by atoms with E-state index in [0.29, 0.717) is 26.2 Å². The zero-order valence-electron chi connectivity index (χ0n) is 12.3. The van der Waals surface area contributed by atoms with Crippen LogP contribution in [0, 0.1) is 5.41 Å². The van der Waals surface area contributed by atoms with Crippen molar-refractivity contribution in [2.45, 2.75) is 51.7 Å². The van der Waals surface area contributed by atoms with Gasteiger partial charge in [0.2, 0.25) is 0 Å². The van der Waals surface area contributed by atoms with Gasteiger partial charge in [-0.05, 0) is 45.4 Å². The summed E-state index contributed by atoms with van der Waals surface area (Å²) in [6.45, 7) is 7.05. The Labute approximate surface area is 119 Å². The lowest BCUT2D eigenvalue weighted by Crippen LogP contribution is -2.43. The van der Waals surface area contributed by atoms with E-state index in [1.54, 1.807) is 20.8 Å². The summed E-state index contributed by atoms with van der Waals surface area (Å²) >= 11 is 0. The summed E-state index contributed by atoms with van der Waals surface area (Å²) in [6, 6.07) is -0.789. The smallest absolute Gasteiger partial charge is 0.411 e. The van der Waals surface area contributed by atoms with Crippen LogP contribution in [-0.4, -0.2) is 53.5 Å². The molecule has 6 nitrogen and oxygen atoms in total. The van der Waals surface area contributed by atoms with Gasteiger partial charge in [0.1, 0.15) is 11.6 Å². The highest BCUT2D eigenvalue weighted by Gasteiger charge is 2.50. The molecule has 0 bridgehead atoms. The lowest BCUT2D eigenvalue weighted by molar-refractivity contribution is -0.142. The summed E-state index contributed by atoms with van der Waals surface area (Å²) in [5, 5.41) is 9.36. The number of carboxylic acids is 1. The molecule has 0 aliphatic carbocycles. The molecule has 114 valence electrons. The number of nitrogens with zero attached hydrogens (tertiary/aromatic N) is 1. The second-order valence-corrected chi connectivity index (χ2v) is 6.78. The molecule has 0 radical (unpaired) electrons. The second-order valence-electron chi connectivity index (χ2n) is 6.78. The third kappa shape index (κ3) is 3.23. The number of hydrogen-bond donors (Lipinski definition) is 1. The van der Waals surface area contributed by atoms with Crippen LogP contribution in [0.4, 0.5) is 4.79 Å². The number of ether oxygens (including phenoxy) is 2. The van der Waals surface area contributed by atoms with Gasteiger partial charge in [-0.15, -0.1) is 0 Å². The van der Waals surface area contributed by atoms with E-state index in [0.717, 1.165) is 12.8 Å². The molecular weight excluding hydrogens is 262 g/mol. The van der Waals surface area contributed by atoms with E-state index in [-0.39, 0.29) is 5.41 Å². The molecule has 0 aromatic rings. The monoisotopic (exact) mass is 285 g/mol. The molecule has 1 unspecified atom stereocenters. The Morgan fingerprint density at radius 2 is 1.90 bits per heavy atom. The summed E-state index contributed by atoms with van der Waals surface area (Å²) in [4.78, 5) is 25.0. The van der Waals surface area contributed by atoms with E-state index in [1.807, 2.05) is 0 Å². The molecule has 2 aliphatic heterocycles. The SMILES string of the molecule is CC(C)(C)OC(=O)N1CC2(CCOCC2)CC1C(=O)O. The van der Waals surface area contributed by atoms with Crippen molar-refractivity contribution in [3.63, 3.8) is 0 Å². The zero-order chi connectivity index (χ0) is 15.0. The molecule has 0 saturated carbocycles. The second kappa shape index (κ2) is 5.24. The van der Waals surface area contributed by atoms with Gasteiger partial charge in [0.15, 0.2) is 0 Å². The molecule has 0 aromatic heterocycles. The quantitative estimate of drug-likeness (QED) is 0.796. The van der Waals surface area contributed by atoms with E-state index in [1.165, 1.54) is 4.90 Å². The molecule has 2 fully saturated rings. The van der Waals surface area contributed by atoms with Gasteiger partial charge >= 0.3 is 12.1 Å². The van der Waals surface area contributed by atoms with Crippen LogP contribution in [0.5, 0.6) is 0 Å². The lowest BCUT2D eigenvalue weighted by atomic mass is 9.78. The predicted octanol–water partition coefficient (Wildman–Crippen LogP) is 1.88. The van der Waals surface area contributed by atoms with Gasteiger partial charge in [-0.1, -0.05) is 0 Å². The molecule has 2 saturated heterocycles. The Morgan fingerprint density at radius 3 is 2.40 bits per heavy atom. The summed E-state index contributed by atoms with van der Waals surface area (Å²) in [7, 11) is 0. The third-order valence-electron chi connectivity index (χ3n) is 3.97. The van der Waals surface area contributed by atoms with E-state index in [2.05, 4.69) is 0 Å². The van der Waals surface area contributed by atoms with Crippen LogP contribution in [0.15, 0.2) is 0 Å². The Balaban J connectivity index is 2.13. The van der Waals surface area contributed by atoms with Crippen LogP contribution >= 0.6 is 0 Å². The van der Waals surface area contributed by atoms with Crippen LogP contribution in [0.25, 0.3) is 0 Å². The van der Waals surface area contributed by atoms with Crippen LogP contribution in [0.3, 0.4) is 0 Å². The molecule has 20 heavy (non-hydrogen) atoms. The van der Waals surface area contributed by atoms with Crippen molar-refractivity contribution in [3.8, 4) is 0 Å². The van der Waals surface area contributed by atoms with Crippen LogP contribution in [0.2, 0.25) is 0 Å². The number of carbonyl (C=O) groups excluding carboxylic acids is 1. The third-order valence-corrected chi connectivity index (χ3v) is 3.97. The maximum absolute atomic E-state index is 12.2. The van der Waals surface area contributed by atoms with Gasteiger partial charge in [0.25, 0.3) is 0 Å². The number of hydrogen-bond acceptors (Lipinski definition) is 4. The molecular formula is C14H23NO5. The Bertz CT molecular complexity index is 395. The predicted molar refractivity (Wildman–Crippen MR) is 71.5 cm³/mol. The van der Waals surface area contributed by atoms with Crippen molar-refractivity contribution in [3.05, 3.63) is 0 Å². The molecule has 6 heteroatoms. The van der Waals surface area contributed by atoms with Crippen molar-refractivity contribution in [1.82, 2.24) is 4.90 Å². The molecule has 0 aromatic carbocycles. The van der Waals surface area contributed by atoms with Crippen LogP contribution in [-0.2, 0) is 14.3 Å². The number of carbonyl (C=O) groups is 2. The summed E-state index contributed by atoms with van der Waals surface area (Å²) < 4.78 is 10.7. The van der Waals surface area contributed by atoms with Crippen molar-refractivity contribution >= 4 is 12.1 Å². The first-order valence-electron chi connectivity index (χ1n) is 7.03. The topological polar surface area (TPSA) is 76.1 Å². The van der Waals surface area contributed by atoms with Gasteiger partial charge in [0.05, 0.1) is 0 Å². The van der Waals surface area contributed by atoms with Gasteiger partial charge in [-0.3, -0.25) is 4.90 Å². The van der Waals surface area contributed by atoms with Gasteiger partial charge in [0, 0.05) is 19.8 Å². The number of carboxylic acid groups (broad SMARTS) is 1. The van der Waals surface area contributed by atoms with E-state index in [9.17, 15) is 14.7 Å². The first-order valence-corrected chi connectivity index (χ1v) is 7.03. The Hall–Kier alpha value is -1.30. The highest BCUT2D eigenvalue weighted by atomic mass is 16.6. The molecule has 1 N–H and O–H groups in total. The highest BCUT2D eigenvalue weighted by Crippen LogP contribution is 2.43. The molecule has 2 heterocycles. The number of likely N-dealkylation sites (tertiary alicyclic amines) is 1. The molecule has 1 atom stereocenters. The fourth-order valence-electron chi connectivity index (χ4n) is 2.96. The van der Waals surface area contributed by atoms with Gasteiger partial charge < -0.3 is 14.6 Å². The van der Waals surface area contributed by atoms with Crippen molar-refractivity contribution in [1.29, 1.82) is 0 Å². The maximum Gasteiger partial charge on any atom is 0.411 e. The summed E-state index contributed by atoms with van der Waals surface area (Å²) in [5.74, 6) is -0.959. The average molecular weight is 285 g/mol. The van der Waals surface area contributed by atoms with Gasteiger partial charge in [-0.25, -0.2) is 9.59 Å². The Kier molecular flexibility index (Phi) is 3.95. The number of aliphatic carboxylic acids is 1. The summed E-state index contributed by atoms with van der Waals surface area (Å²) in [5.41, 5.74) is -0.746. The normalized spacial score (nSPS) is 25.8. The number of rotatable bonds is 1. The lowest BCUT2D eigenvalue weighted by Gasteiger charge is -2.33. The fraction of sp³-hybridized carbons (Fsp3) is 0.857. The van der Waals surface area contributed by atoms with E-state index >= 15 is 0 Å². The standard InChI is InChI=1S/C14H23NO5/c1-13(2,3)20-12(18)15-9-14(4-6-19-7-5-14)8-10(15)11(16)17/h10H,4-9H2,1-3H3,(H,16,17). The molecule has 1 spiro atoms. The average Bonchev–Trinajstić information content (AvgIpc) is 2.68. The summed E-state index contributed by atoms with van der Waals surface area (Å²) in [6.07, 6.45) is 1.56. The van der Waals surface area contributed by atoms with Crippen molar-refractivity contribution in [2.75, 3.05) is 19.8 Å². The van der Waals surface area contributed by atoms with Crippen molar-refractivity contribution < 1.29 is 24.2 Å². The zero-order valence-corrected chi connectivity index (χ0v) is 12.3. The van der Waals surface area contributed by atoms with Crippen LogP contribution < -0.4 is 0 Å². The first-order chi connectivity index (χ1) is 9.22. The molecule has 1 amide bonds. The molecule has 2 aliphatic rings. The van der Waals surface area contributed by atoms with E-state index < -0.39 is 23.7 Å². The minimum absolute atomic E-state index is 0.127. The highest BCUT2D eigenvalue weighted by molar-refractivity contribution is 5.81.